The molecule has 2 aromatic carbocycles. The van der Waals surface area contributed by atoms with Crippen LogP contribution < -0.4 is 0 Å². The van der Waals surface area contributed by atoms with Crippen molar-refractivity contribution in [3.63, 3.8) is 0 Å². The Labute approximate surface area is 318 Å². The number of nitrogens with zero attached hydrogens (tertiary/aromatic N) is 2. The molecule has 0 bridgehead atoms. The molecule has 0 unspecified atom stereocenters. The molecule has 0 amide bonds. The molecule has 0 spiro atoms. The van der Waals surface area contributed by atoms with Crippen LogP contribution in [0.25, 0.3) is 0 Å². The molecule has 2 nitrogen and oxygen atoms in total. The van der Waals surface area contributed by atoms with Crippen molar-refractivity contribution in [1.29, 1.82) is 0 Å². The third-order valence-electron chi connectivity index (χ3n) is 9.59. The second-order valence-electron chi connectivity index (χ2n) is 14.2. The Balaban J connectivity index is 0.0000120. The Hall–Kier alpha value is -1.82. The molecular formula is C46H74N2Pd. The zero-order chi connectivity index (χ0) is 34.0. The van der Waals surface area contributed by atoms with Crippen LogP contribution in [0.4, 0.5) is 11.4 Å². The molecule has 0 aliphatic rings. The van der Waals surface area contributed by atoms with E-state index in [1.54, 1.807) is 0 Å². The van der Waals surface area contributed by atoms with E-state index in [0.29, 0.717) is 0 Å². The summed E-state index contributed by atoms with van der Waals surface area (Å²) in [5.41, 5.74) is 4.08. The van der Waals surface area contributed by atoms with E-state index in [1.165, 1.54) is 154 Å². The van der Waals surface area contributed by atoms with Crippen molar-refractivity contribution in [1.82, 2.24) is 0 Å². The Morgan fingerprint density at radius 3 is 1.16 bits per heavy atom. The van der Waals surface area contributed by atoms with E-state index < -0.39 is 0 Å². The first-order valence-corrected chi connectivity index (χ1v) is 20.8. The molecule has 0 aliphatic carbocycles. The van der Waals surface area contributed by atoms with Gasteiger partial charge in [0.15, 0.2) is 0 Å². The van der Waals surface area contributed by atoms with Gasteiger partial charge in [-0.3, -0.25) is 4.99 Å². The number of benzene rings is 2. The summed E-state index contributed by atoms with van der Waals surface area (Å²) in [6, 6.07) is 20.6. The first-order chi connectivity index (χ1) is 23.8. The van der Waals surface area contributed by atoms with Crippen LogP contribution in [0, 0.1) is 0 Å². The molecule has 3 heteroatoms. The molecule has 0 saturated carbocycles. The topological polar surface area (TPSA) is 24.7 Å². The fourth-order valence-corrected chi connectivity index (χ4v) is 6.50. The van der Waals surface area contributed by atoms with Crippen LogP contribution in [0.1, 0.15) is 194 Å². The molecule has 0 N–H and O–H groups in total. The van der Waals surface area contributed by atoms with Gasteiger partial charge in [0.1, 0.15) is 0 Å². The predicted molar refractivity (Wildman–Crippen MR) is 217 cm³/mol. The quantitative estimate of drug-likeness (QED) is 0.0403. The summed E-state index contributed by atoms with van der Waals surface area (Å²) < 4.78 is 0. The molecule has 49 heavy (non-hydrogen) atoms. The van der Waals surface area contributed by atoms with E-state index in [0.717, 1.165) is 48.5 Å². The monoisotopic (exact) mass is 760 g/mol. The van der Waals surface area contributed by atoms with Crippen LogP contribution in [0.3, 0.4) is 0 Å². The summed E-state index contributed by atoms with van der Waals surface area (Å²) in [6.45, 7) is 4.55. The molecule has 278 valence electrons. The number of allylic oxidation sites excluding steroid dienone is 2. The minimum atomic E-state index is 0. The molecule has 0 heterocycles. The Morgan fingerprint density at radius 1 is 0.429 bits per heavy atom. The van der Waals surface area contributed by atoms with Crippen molar-refractivity contribution < 1.29 is 20.4 Å². The van der Waals surface area contributed by atoms with Crippen molar-refractivity contribution in [2.75, 3.05) is 0 Å². The summed E-state index contributed by atoms with van der Waals surface area (Å²) in [5.74, 6) is 0. The molecule has 0 aliphatic heterocycles. The van der Waals surface area contributed by atoms with Crippen LogP contribution >= 0.6 is 0 Å². The fourth-order valence-electron chi connectivity index (χ4n) is 6.50. The van der Waals surface area contributed by atoms with E-state index in [1.807, 2.05) is 12.1 Å². The van der Waals surface area contributed by atoms with E-state index in [2.05, 4.69) is 74.5 Å². The van der Waals surface area contributed by atoms with Crippen molar-refractivity contribution in [3.05, 3.63) is 72.8 Å². The van der Waals surface area contributed by atoms with Gasteiger partial charge in [-0.15, -0.1) is 0 Å². The molecular weight excluding hydrogens is 687 g/mol. The summed E-state index contributed by atoms with van der Waals surface area (Å²) in [6.07, 6.45) is 43.3. The van der Waals surface area contributed by atoms with Crippen LogP contribution in [-0.4, -0.2) is 11.4 Å². The van der Waals surface area contributed by atoms with Crippen LogP contribution in [-0.2, 0) is 20.4 Å². The van der Waals surface area contributed by atoms with E-state index >= 15 is 0 Å². The van der Waals surface area contributed by atoms with Gasteiger partial charge >= 0.3 is 0 Å². The van der Waals surface area contributed by atoms with Crippen LogP contribution in [0.15, 0.2) is 82.8 Å². The third kappa shape index (κ3) is 26.6. The molecule has 0 saturated heterocycles. The number of hydrogen-bond acceptors (Lipinski definition) is 2. The molecule has 0 fully saturated rings. The normalized spacial score (nSPS) is 12.1. The fraction of sp³-hybridized carbons (Fsp3) is 0.652. The predicted octanol–water partition coefficient (Wildman–Crippen LogP) is 16.0. The van der Waals surface area contributed by atoms with Gasteiger partial charge in [0.25, 0.3) is 0 Å². The summed E-state index contributed by atoms with van der Waals surface area (Å²) >= 11 is 0. The van der Waals surface area contributed by atoms with Crippen molar-refractivity contribution in [2.45, 2.75) is 194 Å². The van der Waals surface area contributed by atoms with Gasteiger partial charge in [0.2, 0.25) is 0 Å². The van der Waals surface area contributed by atoms with Gasteiger partial charge in [-0.25, -0.2) is 4.99 Å². The van der Waals surface area contributed by atoms with E-state index in [9.17, 15) is 0 Å². The number of para-hydroxylation sites is 2. The van der Waals surface area contributed by atoms with Crippen molar-refractivity contribution >= 4 is 22.8 Å². The van der Waals surface area contributed by atoms with Crippen molar-refractivity contribution in [2.24, 2.45) is 9.98 Å². The first kappa shape index (κ1) is 45.2. The maximum absolute atomic E-state index is 5.04. The summed E-state index contributed by atoms with van der Waals surface area (Å²) in [7, 11) is 0. The van der Waals surface area contributed by atoms with E-state index in [4.69, 9.17) is 9.98 Å². The standard InChI is InChI=1S/C46H74N2.Pd/c1-3-5-7-8-9-10-11-12-13-14-15-16-17-18-19-20-21-22-23-24-25-26-27-28-29-36-42-46(48-44-39-34-31-35-40-44)45(41-6-4-2)47-43-37-32-30-33-38-43;/h30-40,42H,3-29,41H2,1-2H3;/b42-36+,47-45?,48-46?;. The summed E-state index contributed by atoms with van der Waals surface area (Å²) in [4.78, 5) is 10.1. The number of hydrogen-bond donors (Lipinski definition) is 0. The molecule has 2 aromatic rings. The maximum Gasteiger partial charge on any atom is 0.0848 e. The molecule has 0 atom stereocenters. The largest absolute Gasteiger partial charge is 0.251 e. The van der Waals surface area contributed by atoms with Gasteiger partial charge in [-0.1, -0.05) is 210 Å². The van der Waals surface area contributed by atoms with Gasteiger partial charge in [0.05, 0.1) is 22.8 Å². The SMILES string of the molecule is CCCCCCCCCCCCCCCCCCCCCCCCCC/C=C/C(=Nc1ccccc1)C(CCCC)=Nc1ccccc1.[Pd]. The second-order valence-corrected chi connectivity index (χ2v) is 14.2. The number of unbranched alkanes of at least 4 members (excludes halogenated alkanes) is 25. The van der Waals surface area contributed by atoms with Crippen LogP contribution in [0.2, 0.25) is 0 Å². The number of rotatable bonds is 32. The van der Waals surface area contributed by atoms with E-state index in [-0.39, 0.29) is 20.4 Å². The summed E-state index contributed by atoms with van der Waals surface area (Å²) in [5, 5.41) is 0. The molecule has 0 radical (unpaired) electrons. The molecule has 2 rings (SSSR count). The van der Waals surface area contributed by atoms with Gasteiger partial charge < -0.3 is 0 Å². The zero-order valence-electron chi connectivity index (χ0n) is 31.9. The average molecular weight is 762 g/mol. The minimum Gasteiger partial charge on any atom is -0.251 e. The maximum atomic E-state index is 5.04. The Morgan fingerprint density at radius 2 is 0.776 bits per heavy atom. The van der Waals surface area contributed by atoms with Gasteiger partial charge in [0, 0.05) is 20.4 Å². The Bertz CT molecular complexity index is 1060. The number of aliphatic imine (C=N–C) groups is 2. The Kier molecular flexibility index (Phi) is 31.9. The van der Waals surface area contributed by atoms with Crippen molar-refractivity contribution in [3.8, 4) is 0 Å². The average Bonchev–Trinajstić information content (AvgIpc) is 3.12. The zero-order valence-corrected chi connectivity index (χ0v) is 33.5. The molecule has 0 aromatic heterocycles. The van der Waals surface area contributed by atoms with Gasteiger partial charge in [-0.05, 0) is 56.0 Å². The smallest absolute Gasteiger partial charge is 0.0848 e. The minimum absolute atomic E-state index is 0. The second kappa shape index (κ2) is 34.6. The van der Waals surface area contributed by atoms with Gasteiger partial charge in [-0.2, -0.15) is 0 Å². The first-order valence-electron chi connectivity index (χ1n) is 20.8. The third-order valence-corrected chi connectivity index (χ3v) is 9.59. The van der Waals surface area contributed by atoms with Crippen LogP contribution in [0.5, 0.6) is 0 Å².